The molecular formula is C27H20N2O3. The van der Waals surface area contributed by atoms with Crippen LogP contribution in [0.2, 0.25) is 0 Å². The first kappa shape index (κ1) is 19.7. The molecule has 32 heavy (non-hydrogen) atoms. The Morgan fingerprint density at radius 3 is 2.44 bits per heavy atom. The molecule has 5 heteroatoms. The summed E-state index contributed by atoms with van der Waals surface area (Å²) in [5.74, 6) is 5.94. The van der Waals surface area contributed by atoms with E-state index >= 15 is 0 Å². The number of aromatic nitrogens is 1. The molecule has 0 radical (unpaired) electrons. The van der Waals surface area contributed by atoms with Gasteiger partial charge >= 0.3 is 6.09 Å². The van der Waals surface area contributed by atoms with Crippen LogP contribution in [0.3, 0.4) is 0 Å². The summed E-state index contributed by atoms with van der Waals surface area (Å²) < 4.78 is 5.51. The van der Waals surface area contributed by atoms with Crippen molar-refractivity contribution in [3.05, 3.63) is 106 Å². The zero-order valence-electron chi connectivity index (χ0n) is 17.2. The second-order valence-corrected chi connectivity index (χ2v) is 7.58. The molecular weight excluding hydrogens is 400 g/mol. The number of alkyl carbamates (subject to hydrolysis) is 1. The highest BCUT2D eigenvalue weighted by Gasteiger charge is 2.28. The van der Waals surface area contributed by atoms with Gasteiger partial charge in [-0.3, -0.25) is 4.79 Å². The average molecular weight is 420 g/mol. The third kappa shape index (κ3) is 3.75. The van der Waals surface area contributed by atoms with E-state index in [1.165, 1.54) is 28.3 Å². The first-order valence-electron chi connectivity index (χ1n) is 10.4. The molecule has 0 aliphatic heterocycles. The van der Waals surface area contributed by atoms with Crippen molar-refractivity contribution < 1.29 is 9.53 Å². The van der Waals surface area contributed by atoms with Crippen LogP contribution in [0.1, 0.15) is 22.6 Å². The number of amides is 1. The van der Waals surface area contributed by atoms with Crippen LogP contribution in [0.25, 0.3) is 22.0 Å². The summed E-state index contributed by atoms with van der Waals surface area (Å²) in [5, 5.41) is 3.30. The van der Waals surface area contributed by atoms with E-state index in [1.807, 2.05) is 30.3 Å². The van der Waals surface area contributed by atoms with Gasteiger partial charge in [-0.25, -0.2) is 4.79 Å². The number of hydrogen-bond donors (Lipinski definition) is 2. The highest BCUT2D eigenvalue weighted by atomic mass is 16.5. The molecule has 1 aromatic heterocycles. The van der Waals surface area contributed by atoms with Crippen LogP contribution in [0.4, 0.5) is 4.79 Å². The lowest BCUT2D eigenvalue weighted by Gasteiger charge is -2.14. The van der Waals surface area contributed by atoms with Crippen LogP contribution in [-0.2, 0) is 4.74 Å². The summed E-state index contributed by atoms with van der Waals surface area (Å²) in [7, 11) is 0. The number of hydrogen-bond acceptors (Lipinski definition) is 3. The minimum atomic E-state index is -0.496. The summed E-state index contributed by atoms with van der Waals surface area (Å²) in [5.41, 5.74) is 6.20. The zero-order chi connectivity index (χ0) is 21.9. The van der Waals surface area contributed by atoms with E-state index in [0.717, 1.165) is 11.1 Å². The maximum Gasteiger partial charge on any atom is 0.407 e. The third-order valence-electron chi connectivity index (χ3n) is 5.66. The Labute approximate surface area is 185 Å². The van der Waals surface area contributed by atoms with E-state index in [-0.39, 0.29) is 24.5 Å². The third-order valence-corrected chi connectivity index (χ3v) is 5.66. The predicted molar refractivity (Wildman–Crippen MR) is 125 cm³/mol. The molecule has 3 aromatic carbocycles. The van der Waals surface area contributed by atoms with E-state index in [2.05, 4.69) is 46.4 Å². The molecule has 0 saturated heterocycles. The predicted octanol–water partition coefficient (Wildman–Crippen LogP) is 4.42. The van der Waals surface area contributed by atoms with Gasteiger partial charge in [-0.1, -0.05) is 60.4 Å². The molecule has 0 spiro atoms. The van der Waals surface area contributed by atoms with E-state index in [0.29, 0.717) is 5.39 Å². The van der Waals surface area contributed by atoms with Crippen molar-refractivity contribution in [1.29, 1.82) is 0 Å². The SMILES string of the molecule is O=C(NCC#Cc1ccc2c(=O)cc[nH]c2c1)OCC1c2ccccc2-c2ccccc21. The van der Waals surface area contributed by atoms with Gasteiger partial charge in [0.05, 0.1) is 12.1 Å². The number of ether oxygens (including phenoxy) is 1. The van der Waals surface area contributed by atoms with Gasteiger partial charge in [0.25, 0.3) is 0 Å². The Kier molecular flexibility index (Phi) is 5.19. The van der Waals surface area contributed by atoms with Crippen molar-refractivity contribution in [2.75, 3.05) is 13.2 Å². The van der Waals surface area contributed by atoms with Crippen LogP contribution >= 0.6 is 0 Å². The fraction of sp³-hybridized carbons (Fsp3) is 0.111. The first-order valence-corrected chi connectivity index (χ1v) is 10.4. The summed E-state index contributed by atoms with van der Waals surface area (Å²) in [4.78, 5) is 27.0. The fourth-order valence-corrected chi connectivity index (χ4v) is 4.17. The topological polar surface area (TPSA) is 71.2 Å². The van der Waals surface area contributed by atoms with Crippen molar-refractivity contribution in [1.82, 2.24) is 10.3 Å². The minimum absolute atomic E-state index is 0.0268. The quantitative estimate of drug-likeness (QED) is 0.482. The normalized spacial score (nSPS) is 11.9. The number of fused-ring (bicyclic) bond motifs is 4. The number of H-pyrrole nitrogens is 1. The van der Waals surface area contributed by atoms with Gasteiger partial charge in [0.15, 0.2) is 5.43 Å². The molecule has 0 fully saturated rings. The molecule has 1 amide bonds. The first-order chi connectivity index (χ1) is 15.7. The largest absolute Gasteiger partial charge is 0.449 e. The van der Waals surface area contributed by atoms with Gasteiger partial charge < -0.3 is 15.0 Å². The number of rotatable bonds is 3. The van der Waals surface area contributed by atoms with Gasteiger partial charge in [-0.2, -0.15) is 0 Å². The Morgan fingerprint density at radius 1 is 0.969 bits per heavy atom. The second kappa shape index (κ2) is 8.44. The molecule has 5 nitrogen and oxygen atoms in total. The lowest BCUT2D eigenvalue weighted by molar-refractivity contribution is 0.144. The maximum atomic E-state index is 12.2. The average Bonchev–Trinajstić information content (AvgIpc) is 3.14. The molecule has 0 bridgehead atoms. The summed E-state index contributed by atoms with van der Waals surface area (Å²) in [6, 6.07) is 23.3. The fourth-order valence-electron chi connectivity index (χ4n) is 4.17. The molecule has 1 heterocycles. The van der Waals surface area contributed by atoms with Crippen molar-refractivity contribution in [2.24, 2.45) is 0 Å². The van der Waals surface area contributed by atoms with Gasteiger partial charge in [0.2, 0.25) is 0 Å². The highest BCUT2D eigenvalue weighted by molar-refractivity contribution is 5.80. The van der Waals surface area contributed by atoms with Gasteiger partial charge in [-0.15, -0.1) is 0 Å². The van der Waals surface area contributed by atoms with E-state index in [1.54, 1.807) is 18.3 Å². The second-order valence-electron chi connectivity index (χ2n) is 7.58. The Morgan fingerprint density at radius 2 is 1.69 bits per heavy atom. The monoisotopic (exact) mass is 420 g/mol. The van der Waals surface area contributed by atoms with Crippen molar-refractivity contribution in [2.45, 2.75) is 5.92 Å². The number of nitrogens with one attached hydrogen (secondary N) is 2. The van der Waals surface area contributed by atoms with Crippen LogP contribution in [0, 0.1) is 11.8 Å². The molecule has 156 valence electrons. The van der Waals surface area contributed by atoms with Crippen molar-refractivity contribution >= 4 is 17.0 Å². The van der Waals surface area contributed by atoms with E-state index in [4.69, 9.17) is 4.74 Å². The highest BCUT2D eigenvalue weighted by Crippen LogP contribution is 2.44. The Hall–Kier alpha value is -4.30. The molecule has 0 atom stereocenters. The van der Waals surface area contributed by atoms with Crippen LogP contribution in [-0.4, -0.2) is 24.2 Å². The molecule has 2 N–H and O–H groups in total. The van der Waals surface area contributed by atoms with Crippen LogP contribution in [0.15, 0.2) is 83.8 Å². The molecule has 4 aromatic rings. The standard InChI is InChI=1S/C27H20N2O3/c30-26-13-15-28-25-16-18(11-12-23(25)26)6-5-14-29-27(31)32-17-24-21-9-3-1-7-19(21)20-8-2-4-10-22(20)24/h1-4,7-13,15-16,24H,14,17H2,(H,28,30)(H,29,31). The zero-order valence-corrected chi connectivity index (χ0v) is 17.2. The Balaban J connectivity index is 1.20. The summed E-state index contributed by atoms with van der Waals surface area (Å²) in [6.45, 7) is 0.436. The molecule has 0 unspecified atom stereocenters. The van der Waals surface area contributed by atoms with Gasteiger partial charge in [-0.05, 0) is 40.5 Å². The number of pyridine rings is 1. The summed E-state index contributed by atoms with van der Waals surface area (Å²) in [6.07, 6.45) is 1.12. The smallest absolute Gasteiger partial charge is 0.407 e. The number of benzene rings is 3. The minimum Gasteiger partial charge on any atom is -0.449 e. The number of carbonyl (C=O) groups is 1. The molecule has 5 rings (SSSR count). The van der Waals surface area contributed by atoms with E-state index < -0.39 is 6.09 Å². The maximum absolute atomic E-state index is 12.2. The van der Waals surface area contributed by atoms with E-state index in [9.17, 15) is 9.59 Å². The van der Waals surface area contributed by atoms with Crippen molar-refractivity contribution in [3.63, 3.8) is 0 Å². The van der Waals surface area contributed by atoms with Gasteiger partial charge in [0.1, 0.15) is 6.61 Å². The number of carbonyl (C=O) groups excluding carboxylic acids is 1. The van der Waals surface area contributed by atoms with Crippen LogP contribution < -0.4 is 10.7 Å². The van der Waals surface area contributed by atoms with Crippen LogP contribution in [0.5, 0.6) is 0 Å². The molecule has 0 saturated carbocycles. The lowest BCUT2D eigenvalue weighted by atomic mass is 9.98. The molecule has 1 aliphatic rings. The number of aromatic amines is 1. The van der Waals surface area contributed by atoms with Crippen molar-refractivity contribution in [3.8, 4) is 23.0 Å². The lowest BCUT2D eigenvalue weighted by Crippen LogP contribution is -2.26. The Bertz CT molecular complexity index is 1400. The summed E-state index contributed by atoms with van der Waals surface area (Å²) >= 11 is 0. The molecule has 1 aliphatic carbocycles. The van der Waals surface area contributed by atoms with Gasteiger partial charge in [0, 0.05) is 29.1 Å².